The zero-order chi connectivity index (χ0) is 16.2. The molecule has 0 aliphatic heterocycles. The monoisotopic (exact) mass is 313 g/mol. The van der Waals surface area contributed by atoms with Crippen molar-refractivity contribution >= 4 is 11.6 Å². The summed E-state index contributed by atoms with van der Waals surface area (Å²) in [6.45, 7) is 0. The first-order valence-corrected chi connectivity index (χ1v) is 6.95. The molecule has 3 aromatic rings. The Kier molecular flexibility index (Phi) is 4.14. The summed E-state index contributed by atoms with van der Waals surface area (Å²) in [7, 11) is 0. The highest BCUT2D eigenvalue weighted by Gasteiger charge is 2.23. The van der Waals surface area contributed by atoms with E-state index in [-0.39, 0.29) is 5.69 Å². The number of hydrogen-bond acceptors (Lipinski definition) is 2. The molecule has 0 fully saturated rings. The third-order valence-corrected chi connectivity index (χ3v) is 3.34. The van der Waals surface area contributed by atoms with Crippen molar-refractivity contribution in [2.75, 3.05) is 5.32 Å². The zero-order valence-corrected chi connectivity index (χ0v) is 12.0. The molecule has 1 atom stereocenters. The van der Waals surface area contributed by atoms with E-state index in [4.69, 9.17) is 0 Å². The second kappa shape index (κ2) is 6.39. The topological polar surface area (TPSA) is 46.9 Å². The van der Waals surface area contributed by atoms with Crippen molar-refractivity contribution < 1.29 is 13.6 Å². The van der Waals surface area contributed by atoms with Gasteiger partial charge in [-0.25, -0.2) is 8.78 Å². The van der Waals surface area contributed by atoms with Gasteiger partial charge in [0, 0.05) is 18.5 Å². The molecule has 1 aromatic heterocycles. The molecule has 0 spiro atoms. The van der Waals surface area contributed by atoms with Crippen molar-refractivity contribution in [1.82, 2.24) is 9.78 Å². The molecule has 0 aliphatic rings. The molecule has 1 heterocycles. The van der Waals surface area contributed by atoms with Gasteiger partial charge in [-0.3, -0.25) is 9.48 Å². The number of anilines is 1. The normalized spacial score (nSPS) is 11.9. The summed E-state index contributed by atoms with van der Waals surface area (Å²) in [5, 5.41) is 6.51. The molecule has 116 valence electrons. The van der Waals surface area contributed by atoms with Crippen molar-refractivity contribution in [3.8, 4) is 0 Å². The zero-order valence-electron chi connectivity index (χ0n) is 12.0. The largest absolute Gasteiger partial charge is 0.321 e. The van der Waals surface area contributed by atoms with E-state index in [0.717, 1.165) is 18.2 Å². The molecule has 0 saturated heterocycles. The smallest absolute Gasteiger partial charge is 0.253 e. The number of carbonyl (C=O) groups excluding carboxylic acids is 1. The Morgan fingerprint density at radius 2 is 1.87 bits per heavy atom. The second-order valence-corrected chi connectivity index (χ2v) is 4.91. The number of aromatic nitrogens is 2. The van der Waals surface area contributed by atoms with Gasteiger partial charge in [0.05, 0.1) is 5.69 Å². The van der Waals surface area contributed by atoms with Crippen LogP contribution in [0.1, 0.15) is 11.6 Å². The van der Waals surface area contributed by atoms with Crippen LogP contribution in [0.2, 0.25) is 0 Å². The Hall–Kier alpha value is -3.02. The van der Waals surface area contributed by atoms with E-state index in [9.17, 15) is 13.6 Å². The molecule has 3 rings (SSSR count). The molecular weight excluding hydrogens is 300 g/mol. The number of nitrogens with one attached hydrogen (secondary N) is 1. The molecule has 6 heteroatoms. The number of rotatable bonds is 4. The molecule has 1 amide bonds. The van der Waals surface area contributed by atoms with E-state index in [1.807, 2.05) is 6.07 Å². The highest BCUT2D eigenvalue weighted by atomic mass is 19.1. The van der Waals surface area contributed by atoms with Gasteiger partial charge in [-0.05, 0) is 23.8 Å². The van der Waals surface area contributed by atoms with Crippen LogP contribution in [0.5, 0.6) is 0 Å². The van der Waals surface area contributed by atoms with Crippen LogP contribution in [-0.4, -0.2) is 15.7 Å². The average Bonchev–Trinajstić information content (AvgIpc) is 3.06. The first-order valence-electron chi connectivity index (χ1n) is 6.95. The fraction of sp³-hybridized carbons (Fsp3) is 0.0588. The minimum absolute atomic E-state index is 0.205. The van der Waals surface area contributed by atoms with E-state index in [2.05, 4.69) is 10.4 Å². The number of carbonyl (C=O) groups is 1. The lowest BCUT2D eigenvalue weighted by atomic mass is 10.1. The quantitative estimate of drug-likeness (QED) is 0.802. The van der Waals surface area contributed by atoms with Crippen molar-refractivity contribution in [1.29, 1.82) is 0 Å². The van der Waals surface area contributed by atoms with Gasteiger partial charge in [-0.1, -0.05) is 30.3 Å². The Labute approximate surface area is 131 Å². The first kappa shape index (κ1) is 14.9. The third kappa shape index (κ3) is 3.26. The lowest BCUT2D eigenvalue weighted by Crippen LogP contribution is -2.27. The van der Waals surface area contributed by atoms with Crippen LogP contribution in [0.15, 0.2) is 67.0 Å². The summed E-state index contributed by atoms with van der Waals surface area (Å²) in [4.78, 5) is 12.6. The highest BCUT2D eigenvalue weighted by Crippen LogP contribution is 2.22. The molecule has 2 aromatic carbocycles. The molecule has 23 heavy (non-hydrogen) atoms. The minimum Gasteiger partial charge on any atom is -0.321 e. The van der Waals surface area contributed by atoms with Gasteiger partial charge < -0.3 is 5.32 Å². The van der Waals surface area contributed by atoms with Gasteiger partial charge in [0.1, 0.15) is 11.6 Å². The summed E-state index contributed by atoms with van der Waals surface area (Å²) in [6, 6.07) is 12.8. The number of hydrogen-bond donors (Lipinski definition) is 1. The molecule has 0 bridgehead atoms. The lowest BCUT2D eigenvalue weighted by Gasteiger charge is -2.18. The Morgan fingerprint density at radius 1 is 1.09 bits per heavy atom. The van der Waals surface area contributed by atoms with Crippen molar-refractivity contribution in [2.24, 2.45) is 0 Å². The average molecular weight is 313 g/mol. The molecular formula is C17H13F2N3O. The summed E-state index contributed by atoms with van der Waals surface area (Å²) < 4.78 is 28.5. The van der Waals surface area contributed by atoms with E-state index >= 15 is 0 Å². The van der Waals surface area contributed by atoms with E-state index < -0.39 is 23.6 Å². The van der Waals surface area contributed by atoms with Gasteiger partial charge in [-0.2, -0.15) is 5.10 Å². The fourth-order valence-corrected chi connectivity index (χ4v) is 2.29. The standard InChI is InChI=1S/C17H13F2N3O/c18-13-7-8-14(19)15(11-13)21-17(23)16(22-10-4-9-20-22)12-5-2-1-3-6-12/h1-11,16H,(H,21,23)/t16-/m0/s1. The number of amides is 1. The number of benzene rings is 2. The molecule has 0 unspecified atom stereocenters. The molecule has 0 saturated carbocycles. The molecule has 1 N–H and O–H groups in total. The minimum atomic E-state index is -0.783. The van der Waals surface area contributed by atoms with Crippen LogP contribution < -0.4 is 5.32 Å². The summed E-state index contributed by atoms with van der Waals surface area (Å²) in [5.41, 5.74) is 0.480. The maximum atomic E-state index is 13.7. The van der Waals surface area contributed by atoms with Crippen LogP contribution in [0, 0.1) is 11.6 Å². The van der Waals surface area contributed by atoms with Crippen LogP contribution >= 0.6 is 0 Å². The maximum absolute atomic E-state index is 13.7. The Bertz CT molecular complexity index is 804. The Balaban J connectivity index is 1.94. The second-order valence-electron chi connectivity index (χ2n) is 4.91. The molecule has 0 aliphatic carbocycles. The number of halogens is 2. The first-order chi connectivity index (χ1) is 11.1. The van der Waals surface area contributed by atoms with Crippen molar-refractivity contribution in [2.45, 2.75) is 6.04 Å². The van der Waals surface area contributed by atoms with Gasteiger partial charge in [0.25, 0.3) is 5.91 Å². The number of nitrogens with zero attached hydrogens (tertiary/aromatic N) is 2. The van der Waals surface area contributed by atoms with E-state index in [0.29, 0.717) is 5.56 Å². The van der Waals surface area contributed by atoms with E-state index in [1.54, 1.807) is 42.7 Å². The van der Waals surface area contributed by atoms with Gasteiger partial charge in [0.2, 0.25) is 0 Å². The molecule has 4 nitrogen and oxygen atoms in total. The van der Waals surface area contributed by atoms with Crippen LogP contribution in [0.4, 0.5) is 14.5 Å². The van der Waals surface area contributed by atoms with Crippen molar-refractivity contribution in [3.63, 3.8) is 0 Å². The van der Waals surface area contributed by atoms with Gasteiger partial charge in [-0.15, -0.1) is 0 Å². The van der Waals surface area contributed by atoms with Crippen LogP contribution in [0.3, 0.4) is 0 Å². The maximum Gasteiger partial charge on any atom is 0.253 e. The fourth-order valence-electron chi connectivity index (χ4n) is 2.29. The van der Waals surface area contributed by atoms with Gasteiger partial charge >= 0.3 is 0 Å². The van der Waals surface area contributed by atoms with Crippen LogP contribution in [0.25, 0.3) is 0 Å². The lowest BCUT2D eigenvalue weighted by molar-refractivity contribution is -0.118. The highest BCUT2D eigenvalue weighted by molar-refractivity contribution is 5.95. The summed E-state index contributed by atoms with van der Waals surface area (Å²) >= 11 is 0. The van der Waals surface area contributed by atoms with E-state index in [1.165, 1.54) is 4.68 Å². The predicted octanol–water partition coefficient (Wildman–Crippen LogP) is 3.39. The Morgan fingerprint density at radius 3 is 2.57 bits per heavy atom. The van der Waals surface area contributed by atoms with Crippen LogP contribution in [-0.2, 0) is 4.79 Å². The van der Waals surface area contributed by atoms with Crippen molar-refractivity contribution in [3.05, 3.63) is 84.2 Å². The summed E-state index contributed by atoms with van der Waals surface area (Å²) in [5.74, 6) is -1.84. The summed E-state index contributed by atoms with van der Waals surface area (Å²) in [6.07, 6.45) is 3.19. The SMILES string of the molecule is O=C(Nc1cc(F)ccc1F)[C@H](c1ccccc1)n1cccn1. The third-order valence-electron chi connectivity index (χ3n) is 3.34. The van der Waals surface area contributed by atoms with Gasteiger partial charge in [0.15, 0.2) is 6.04 Å². The molecule has 0 radical (unpaired) electrons. The predicted molar refractivity (Wildman–Crippen MR) is 81.8 cm³/mol.